The number of hydrogen-bond donors (Lipinski definition) is 1. The molecule has 0 spiro atoms. The summed E-state index contributed by atoms with van der Waals surface area (Å²) in [4.78, 5) is 37.3. The van der Waals surface area contributed by atoms with Crippen molar-refractivity contribution >= 4 is 33.4 Å². The van der Waals surface area contributed by atoms with E-state index in [2.05, 4.69) is 10.3 Å². The number of amides is 1. The largest absolute Gasteiger partial charge is 0.346 e. The minimum atomic E-state index is -0.783. The van der Waals surface area contributed by atoms with E-state index in [-0.39, 0.29) is 12.1 Å². The number of carbonyl (C=O) groups is 1. The fourth-order valence-corrected chi connectivity index (χ4v) is 2.92. The van der Waals surface area contributed by atoms with Gasteiger partial charge in [0.1, 0.15) is 11.2 Å². The molecular weight excluding hydrogens is 338 g/mol. The molecule has 0 aliphatic carbocycles. The van der Waals surface area contributed by atoms with Crippen LogP contribution in [0.2, 0.25) is 0 Å². The number of carbonyl (C=O) groups excluding carboxylic acids is 1. The van der Waals surface area contributed by atoms with E-state index in [1.165, 1.54) is 11.3 Å². The summed E-state index contributed by atoms with van der Waals surface area (Å²) in [6.07, 6.45) is 3.42. The van der Waals surface area contributed by atoms with Crippen molar-refractivity contribution in [3.8, 4) is 0 Å². The molecule has 0 bridgehead atoms. The minimum Gasteiger partial charge on any atom is -0.346 e. The first-order valence-electron chi connectivity index (χ1n) is 6.57. The second-order valence-electron chi connectivity index (χ2n) is 4.74. The summed E-state index contributed by atoms with van der Waals surface area (Å²) in [7, 11) is 0. The summed E-state index contributed by atoms with van der Waals surface area (Å²) in [5.41, 5.74) is -0.551. The lowest BCUT2D eigenvalue weighted by Gasteiger charge is -2.04. The van der Waals surface area contributed by atoms with Gasteiger partial charge in [-0.2, -0.15) is 0 Å². The minimum absolute atomic E-state index is 0.104. The fourth-order valence-electron chi connectivity index (χ4n) is 2.11. The third-order valence-electron chi connectivity index (χ3n) is 3.22. The normalized spacial score (nSPS) is 10.7. The maximum atomic E-state index is 12.2. The van der Waals surface area contributed by atoms with Crippen molar-refractivity contribution in [1.82, 2.24) is 14.7 Å². The molecule has 24 heavy (non-hydrogen) atoms. The van der Waals surface area contributed by atoms with Gasteiger partial charge in [0.15, 0.2) is 0 Å². The molecule has 0 fully saturated rings. The van der Waals surface area contributed by atoms with Crippen LogP contribution in [0, 0.1) is 20.2 Å². The number of imidazole rings is 1. The van der Waals surface area contributed by atoms with Crippen molar-refractivity contribution in [3.05, 3.63) is 67.6 Å². The smallest absolute Gasteiger partial charge is 0.277 e. The predicted octanol–water partition coefficient (Wildman–Crippen LogP) is 2.14. The Morgan fingerprint density at radius 1 is 1.21 bits per heavy atom. The van der Waals surface area contributed by atoms with Crippen molar-refractivity contribution < 1.29 is 14.6 Å². The first kappa shape index (κ1) is 15.6. The topological polar surface area (TPSA) is 133 Å². The number of aromatic nitrogens is 2. The summed E-state index contributed by atoms with van der Waals surface area (Å²) in [5, 5.41) is 26.1. The summed E-state index contributed by atoms with van der Waals surface area (Å²) in [5.74, 6) is -0.653. The van der Waals surface area contributed by atoms with Crippen LogP contribution in [0.15, 0.2) is 36.1 Å². The maximum absolute atomic E-state index is 12.2. The average Bonchev–Trinajstić information content (AvgIpc) is 3.15. The highest BCUT2D eigenvalue weighted by atomic mass is 32.1. The van der Waals surface area contributed by atoms with Crippen LogP contribution < -0.4 is 5.32 Å². The van der Waals surface area contributed by atoms with E-state index in [4.69, 9.17) is 0 Å². The van der Waals surface area contributed by atoms with E-state index in [0.717, 1.165) is 23.0 Å². The molecule has 0 aliphatic rings. The molecule has 122 valence electrons. The third-order valence-corrected chi connectivity index (χ3v) is 4.15. The van der Waals surface area contributed by atoms with Gasteiger partial charge in [0.25, 0.3) is 17.3 Å². The number of nitro benzene ring substituents is 2. The van der Waals surface area contributed by atoms with E-state index in [9.17, 15) is 25.0 Å². The lowest BCUT2D eigenvalue weighted by molar-refractivity contribution is -0.394. The molecule has 1 aromatic carbocycles. The highest BCUT2D eigenvalue weighted by Gasteiger charge is 2.20. The highest BCUT2D eigenvalue weighted by Crippen LogP contribution is 2.23. The quantitative estimate of drug-likeness (QED) is 0.555. The third kappa shape index (κ3) is 2.92. The molecule has 0 saturated heterocycles. The number of non-ortho nitro benzene ring substituents is 2. The molecular formula is C13H9N5O5S. The van der Waals surface area contributed by atoms with Gasteiger partial charge in [0.05, 0.1) is 33.7 Å². The Bertz CT molecular complexity index is 930. The van der Waals surface area contributed by atoms with Crippen LogP contribution >= 0.6 is 11.3 Å². The van der Waals surface area contributed by atoms with Gasteiger partial charge < -0.3 is 5.32 Å². The molecule has 0 aliphatic heterocycles. The van der Waals surface area contributed by atoms with Crippen molar-refractivity contribution in [2.24, 2.45) is 0 Å². The predicted molar refractivity (Wildman–Crippen MR) is 84.0 cm³/mol. The van der Waals surface area contributed by atoms with Gasteiger partial charge in [-0.25, -0.2) is 4.98 Å². The summed E-state index contributed by atoms with van der Waals surface area (Å²) >= 11 is 1.45. The van der Waals surface area contributed by atoms with Crippen LogP contribution in [0.5, 0.6) is 0 Å². The molecule has 1 amide bonds. The van der Waals surface area contributed by atoms with Crippen LogP contribution in [0.1, 0.15) is 16.1 Å². The number of fused-ring (bicyclic) bond motifs is 1. The number of hydrogen-bond acceptors (Lipinski definition) is 7. The molecule has 0 saturated carbocycles. The average molecular weight is 347 g/mol. The second-order valence-corrected chi connectivity index (χ2v) is 5.64. The van der Waals surface area contributed by atoms with Crippen molar-refractivity contribution in [2.75, 3.05) is 0 Å². The lowest BCUT2D eigenvalue weighted by atomic mass is 10.1. The molecule has 2 aromatic heterocycles. The molecule has 11 heteroatoms. The molecule has 1 N–H and O–H groups in total. The van der Waals surface area contributed by atoms with Gasteiger partial charge in [-0.1, -0.05) is 0 Å². The standard InChI is InChI=1S/C13H9N5O5S/c19-12(14-6-11-13-16(7-15-11)1-2-24-13)8-3-9(17(20)21)5-10(4-8)18(22)23/h1-5,7H,6H2,(H,14,19). The Kier molecular flexibility index (Phi) is 3.92. The number of thiazole rings is 1. The monoisotopic (exact) mass is 347 g/mol. The Hall–Kier alpha value is -3.34. The highest BCUT2D eigenvalue weighted by molar-refractivity contribution is 7.15. The molecule has 2 heterocycles. The van der Waals surface area contributed by atoms with Gasteiger partial charge in [0.2, 0.25) is 0 Å². The number of nitrogens with zero attached hydrogens (tertiary/aromatic N) is 4. The van der Waals surface area contributed by atoms with Gasteiger partial charge in [0, 0.05) is 23.7 Å². The molecule has 10 nitrogen and oxygen atoms in total. The zero-order valence-corrected chi connectivity index (χ0v) is 12.7. The SMILES string of the molecule is O=C(NCc1ncn2ccsc12)c1cc([N+](=O)[O-])cc([N+](=O)[O-])c1. The molecule has 0 unspecified atom stereocenters. The Morgan fingerprint density at radius 3 is 2.50 bits per heavy atom. The van der Waals surface area contributed by atoms with Crippen molar-refractivity contribution in [3.63, 3.8) is 0 Å². The second kappa shape index (κ2) is 6.04. The Morgan fingerprint density at radius 2 is 1.88 bits per heavy atom. The van der Waals surface area contributed by atoms with E-state index in [1.54, 1.807) is 10.7 Å². The number of nitrogens with one attached hydrogen (secondary N) is 1. The first-order valence-corrected chi connectivity index (χ1v) is 7.45. The van der Waals surface area contributed by atoms with Gasteiger partial charge in [-0.3, -0.25) is 29.4 Å². The fraction of sp³-hybridized carbons (Fsp3) is 0.0769. The molecule has 0 radical (unpaired) electrons. The zero-order chi connectivity index (χ0) is 17.3. The van der Waals surface area contributed by atoms with E-state index < -0.39 is 27.1 Å². The van der Waals surface area contributed by atoms with Gasteiger partial charge in [-0.15, -0.1) is 11.3 Å². The van der Waals surface area contributed by atoms with Crippen molar-refractivity contribution in [2.45, 2.75) is 6.54 Å². The van der Waals surface area contributed by atoms with Crippen LogP contribution in [0.4, 0.5) is 11.4 Å². The number of rotatable bonds is 5. The van der Waals surface area contributed by atoms with Crippen LogP contribution in [0.25, 0.3) is 4.83 Å². The Balaban J connectivity index is 1.82. The van der Waals surface area contributed by atoms with Crippen LogP contribution in [-0.2, 0) is 6.54 Å². The Labute approximate surface area is 137 Å². The summed E-state index contributed by atoms with van der Waals surface area (Å²) in [6, 6.07) is 2.80. The lowest BCUT2D eigenvalue weighted by Crippen LogP contribution is -2.23. The molecule has 0 atom stereocenters. The maximum Gasteiger partial charge on any atom is 0.277 e. The summed E-state index contributed by atoms with van der Waals surface area (Å²) < 4.78 is 1.80. The van der Waals surface area contributed by atoms with Crippen molar-refractivity contribution in [1.29, 1.82) is 0 Å². The van der Waals surface area contributed by atoms with E-state index >= 15 is 0 Å². The molecule has 3 rings (SSSR count). The van der Waals surface area contributed by atoms with E-state index in [0.29, 0.717) is 5.69 Å². The molecule has 3 aromatic rings. The van der Waals surface area contributed by atoms with Gasteiger partial charge in [-0.05, 0) is 0 Å². The van der Waals surface area contributed by atoms with E-state index in [1.807, 2.05) is 11.6 Å². The first-order chi connectivity index (χ1) is 11.5. The number of benzene rings is 1. The number of nitro groups is 2. The van der Waals surface area contributed by atoms with Crippen LogP contribution in [0.3, 0.4) is 0 Å². The zero-order valence-electron chi connectivity index (χ0n) is 11.9. The summed E-state index contributed by atoms with van der Waals surface area (Å²) in [6.45, 7) is 0.104. The van der Waals surface area contributed by atoms with Gasteiger partial charge >= 0.3 is 0 Å². The van der Waals surface area contributed by atoms with Crippen LogP contribution in [-0.4, -0.2) is 25.1 Å².